The molecule has 0 aliphatic rings. The number of primary amides is 1. The molecule has 1 aromatic carbocycles. The van der Waals surface area contributed by atoms with E-state index in [2.05, 4.69) is 4.99 Å². The fourth-order valence-electron chi connectivity index (χ4n) is 1.88. The van der Waals surface area contributed by atoms with Gasteiger partial charge >= 0.3 is 0 Å². The van der Waals surface area contributed by atoms with Crippen molar-refractivity contribution >= 4 is 17.7 Å². The second kappa shape index (κ2) is 5.61. The number of hydrogen-bond donors (Lipinski definition) is 1. The first kappa shape index (κ1) is 14.1. The molecule has 0 heterocycles. The Hall–Kier alpha value is -1.93. The summed E-state index contributed by atoms with van der Waals surface area (Å²) in [6, 6.07) is 3.41. The number of aliphatic imine (C=N–C) groups is 1. The number of hydrogen-bond acceptors (Lipinski definition) is 3. The summed E-state index contributed by atoms with van der Waals surface area (Å²) >= 11 is 0. The van der Waals surface area contributed by atoms with Gasteiger partial charge in [-0.15, -0.1) is 0 Å². The Labute approximate surface area is 107 Å². The van der Waals surface area contributed by atoms with Crippen LogP contribution in [0.4, 0.5) is 5.69 Å². The molecular formula is C14H18N2O2. The van der Waals surface area contributed by atoms with E-state index in [1.165, 1.54) is 0 Å². The first-order valence-electron chi connectivity index (χ1n) is 5.94. The van der Waals surface area contributed by atoms with Gasteiger partial charge in [0.25, 0.3) is 0 Å². The Bertz CT molecular complexity index is 484. The smallest absolute Gasteiger partial charge is 0.248 e. The van der Waals surface area contributed by atoms with Gasteiger partial charge in [0.05, 0.1) is 5.69 Å². The summed E-state index contributed by atoms with van der Waals surface area (Å²) in [5.74, 6) is -0.178. The average Bonchev–Trinajstić information content (AvgIpc) is 2.28. The first-order chi connectivity index (χ1) is 8.38. The second-order valence-corrected chi connectivity index (χ2v) is 4.88. The molecule has 4 heteroatoms. The Kier molecular flexibility index (Phi) is 4.40. The molecule has 0 bridgehead atoms. The molecule has 1 rings (SSSR count). The molecule has 0 aromatic heterocycles. The molecule has 0 aliphatic heterocycles. The number of isocyanates is 1. The molecular weight excluding hydrogens is 228 g/mol. The van der Waals surface area contributed by atoms with Crippen molar-refractivity contribution in [3.05, 3.63) is 28.8 Å². The lowest BCUT2D eigenvalue weighted by molar-refractivity contribution is 0.1000. The summed E-state index contributed by atoms with van der Waals surface area (Å²) in [7, 11) is 0. The van der Waals surface area contributed by atoms with Gasteiger partial charge in [0.1, 0.15) is 0 Å². The van der Waals surface area contributed by atoms with E-state index in [9.17, 15) is 9.59 Å². The maximum absolute atomic E-state index is 11.3. The van der Waals surface area contributed by atoms with Crippen LogP contribution >= 0.6 is 0 Å². The van der Waals surface area contributed by atoms with Crippen molar-refractivity contribution in [3.8, 4) is 0 Å². The first-order valence-corrected chi connectivity index (χ1v) is 5.94. The molecule has 0 radical (unpaired) electrons. The monoisotopic (exact) mass is 246 g/mol. The van der Waals surface area contributed by atoms with Crippen LogP contribution in [0.2, 0.25) is 0 Å². The van der Waals surface area contributed by atoms with Gasteiger partial charge in [-0.2, -0.15) is 4.99 Å². The highest BCUT2D eigenvalue weighted by Crippen LogP contribution is 2.35. The van der Waals surface area contributed by atoms with Gasteiger partial charge in [-0.25, -0.2) is 4.79 Å². The third-order valence-corrected chi connectivity index (χ3v) is 2.85. The van der Waals surface area contributed by atoms with E-state index in [0.717, 1.165) is 11.1 Å². The normalized spacial score (nSPS) is 10.6. The summed E-state index contributed by atoms with van der Waals surface area (Å²) in [6.45, 7) is 7.92. The Morgan fingerprint density at radius 2 is 1.61 bits per heavy atom. The minimum atomic E-state index is -0.472. The molecule has 0 aliphatic carbocycles. The Morgan fingerprint density at radius 1 is 1.17 bits per heavy atom. The second-order valence-electron chi connectivity index (χ2n) is 4.88. The molecule has 0 spiro atoms. The van der Waals surface area contributed by atoms with Crippen LogP contribution in [0.3, 0.4) is 0 Å². The fraction of sp³-hybridized carbons (Fsp3) is 0.429. The molecule has 1 aromatic rings. The van der Waals surface area contributed by atoms with Crippen molar-refractivity contribution in [3.63, 3.8) is 0 Å². The largest absolute Gasteiger partial charge is 0.366 e. The third-order valence-electron chi connectivity index (χ3n) is 2.85. The molecule has 1 amide bonds. The van der Waals surface area contributed by atoms with E-state index >= 15 is 0 Å². The zero-order valence-electron chi connectivity index (χ0n) is 11.2. The van der Waals surface area contributed by atoms with Crippen molar-refractivity contribution in [1.29, 1.82) is 0 Å². The van der Waals surface area contributed by atoms with Crippen molar-refractivity contribution in [2.75, 3.05) is 0 Å². The van der Waals surface area contributed by atoms with E-state index in [1.807, 2.05) is 27.7 Å². The number of nitrogens with two attached hydrogens (primary N) is 1. The van der Waals surface area contributed by atoms with E-state index in [4.69, 9.17) is 5.73 Å². The van der Waals surface area contributed by atoms with Crippen LogP contribution in [0.25, 0.3) is 0 Å². The number of benzene rings is 1. The van der Waals surface area contributed by atoms with Crippen molar-refractivity contribution in [2.24, 2.45) is 10.7 Å². The van der Waals surface area contributed by atoms with Crippen molar-refractivity contribution in [2.45, 2.75) is 39.5 Å². The lowest BCUT2D eigenvalue weighted by atomic mass is 9.90. The summed E-state index contributed by atoms with van der Waals surface area (Å²) in [4.78, 5) is 25.7. The predicted molar refractivity (Wildman–Crippen MR) is 70.9 cm³/mol. The fourth-order valence-corrected chi connectivity index (χ4v) is 1.88. The number of amides is 1. The van der Waals surface area contributed by atoms with Crippen LogP contribution < -0.4 is 5.73 Å². The van der Waals surface area contributed by atoms with Gasteiger partial charge in [0.2, 0.25) is 12.0 Å². The quantitative estimate of drug-likeness (QED) is 0.655. The van der Waals surface area contributed by atoms with Crippen LogP contribution in [0, 0.1) is 0 Å². The third kappa shape index (κ3) is 2.84. The molecule has 0 saturated carbocycles. The molecule has 96 valence electrons. The SMILES string of the molecule is CC(C)c1cc(C(N)=O)cc(C(C)C)c1N=C=O. The van der Waals surface area contributed by atoms with E-state index in [0.29, 0.717) is 11.3 Å². The molecule has 0 fully saturated rings. The summed E-state index contributed by atoms with van der Waals surface area (Å²) in [5, 5.41) is 0. The van der Waals surface area contributed by atoms with E-state index in [-0.39, 0.29) is 11.8 Å². The predicted octanol–water partition coefficient (Wildman–Crippen LogP) is 3.00. The van der Waals surface area contributed by atoms with Crippen LogP contribution in [-0.2, 0) is 4.79 Å². The maximum Gasteiger partial charge on any atom is 0.248 e. The number of rotatable bonds is 4. The van der Waals surface area contributed by atoms with Crippen LogP contribution in [0.1, 0.15) is 61.0 Å². The number of carbonyl (C=O) groups is 1. The van der Waals surface area contributed by atoms with Gasteiger partial charge < -0.3 is 5.73 Å². The van der Waals surface area contributed by atoms with Crippen LogP contribution in [-0.4, -0.2) is 12.0 Å². The number of nitrogens with zero attached hydrogens (tertiary/aromatic N) is 1. The van der Waals surface area contributed by atoms with Crippen molar-refractivity contribution in [1.82, 2.24) is 0 Å². The molecule has 0 saturated heterocycles. The lowest BCUT2D eigenvalue weighted by Crippen LogP contribution is -2.12. The average molecular weight is 246 g/mol. The lowest BCUT2D eigenvalue weighted by Gasteiger charge is -2.16. The maximum atomic E-state index is 11.3. The Morgan fingerprint density at radius 3 is 1.89 bits per heavy atom. The van der Waals surface area contributed by atoms with Gasteiger partial charge in [0, 0.05) is 5.56 Å². The standard InChI is InChI=1S/C14H18N2O2/c1-8(2)11-5-10(14(15)18)6-12(9(3)4)13(11)16-7-17/h5-6,8-9H,1-4H3,(H2,15,18). The minimum absolute atomic E-state index is 0.147. The summed E-state index contributed by atoms with van der Waals surface area (Å²) < 4.78 is 0. The molecule has 18 heavy (non-hydrogen) atoms. The molecule has 0 unspecified atom stereocenters. The highest BCUT2D eigenvalue weighted by atomic mass is 16.1. The zero-order chi connectivity index (χ0) is 13.9. The zero-order valence-corrected chi connectivity index (χ0v) is 11.2. The van der Waals surface area contributed by atoms with E-state index < -0.39 is 5.91 Å². The number of carbonyl (C=O) groups excluding carboxylic acids is 2. The van der Waals surface area contributed by atoms with E-state index in [1.54, 1.807) is 18.2 Å². The van der Waals surface area contributed by atoms with Crippen molar-refractivity contribution < 1.29 is 9.59 Å². The Balaban J connectivity index is 3.64. The molecule has 2 N–H and O–H groups in total. The van der Waals surface area contributed by atoms with Gasteiger partial charge in [-0.3, -0.25) is 4.79 Å². The van der Waals surface area contributed by atoms with Gasteiger partial charge in [-0.05, 0) is 35.1 Å². The highest BCUT2D eigenvalue weighted by Gasteiger charge is 2.17. The minimum Gasteiger partial charge on any atom is -0.366 e. The highest BCUT2D eigenvalue weighted by molar-refractivity contribution is 5.94. The molecule has 4 nitrogen and oxygen atoms in total. The topological polar surface area (TPSA) is 72.5 Å². The van der Waals surface area contributed by atoms with Gasteiger partial charge in [0.15, 0.2) is 0 Å². The van der Waals surface area contributed by atoms with Crippen LogP contribution in [0.5, 0.6) is 0 Å². The van der Waals surface area contributed by atoms with Gasteiger partial charge in [-0.1, -0.05) is 27.7 Å². The van der Waals surface area contributed by atoms with Crippen LogP contribution in [0.15, 0.2) is 17.1 Å². The summed E-state index contributed by atoms with van der Waals surface area (Å²) in [5.41, 5.74) is 8.08. The summed E-state index contributed by atoms with van der Waals surface area (Å²) in [6.07, 6.45) is 1.58. The molecule has 0 atom stereocenters.